The van der Waals surface area contributed by atoms with Crippen LogP contribution in [0.2, 0.25) is 0 Å². The van der Waals surface area contributed by atoms with Crippen LogP contribution in [0.4, 0.5) is 0 Å². The third-order valence-electron chi connectivity index (χ3n) is 4.26. The Morgan fingerprint density at radius 3 is 2.41 bits per heavy atom. The fourth-order valence-corrected chi connectivity index (χ4v) is 3.41. The van der Waals surface area contributed by atoms with E-state index >= 15 is 0 Å². The van der Waals surface area contributed by atoms with Crippen molar-refractivity contribution in [2.24, 2.45) is 5.92 Å². The second kappa shape index (κ2) is 15.1. The minimum absolute atomic E-state index is 0.0640. The largest absolute Gasteiger partial charge is 0.756 e. The van der Waals surface area contributed by atoms with E-state index in [4.69, 9.17) is 9.05 Å². The summed E-state index contributed by atoms with van der Waals surface area (Å²) in [6.45, 7) is 6.71. The van der Waals surface area contributed by atoms with Gasteiger partial charge in [-0.05, 0) is 25.2 Å². The third-order valence-corrected chi connectivity index (χ3v) is 5.22. The molecule has 0 aliphatic rings. The smallest absolute Gasteiger partial charge is 0.268 e. The molecule has 0 radical (unpaired) electrons. The van der Waals surface area contributed by atoms with E-state index < -0.39 is 7.82 Å². The van der Waals surface area contributed by atoms with Crippen LogP contribution in [0.1, 0.15) is 65.7 Å². The molecule has 0 rings (SSSR count). The number of likely N-dealkylation sites (N-methyl/N-ethyl adjacent to an activating group) is 1. The van der Waals surface area contributed by atoms with Crippen molar-refractivity contribution in [2.45, 2.75) is 71.8 Å². The number of hydrogen-bond donors (Lipinski definition) is 1. The van der Waals surface area contributed by atoms with Gasteiger partial charge in [0.25, 0.3) is 7.82 Å². The van der Waals surface area contributed by atoms with Gasteiger partial charge in [0.15, 0.2) is 0 Å². The summed E-state index contributed by atoms with van der Waals surface area (Å²) in [5.74, 6) is 0.166. The van der Waals surface area contributed by atoms with Crippen molar-refractivity contribution in [1.82, 2.24) is 5.32 Å². The molecule has 172 valence electrons. The quantitative estimate of drug-likeness (QED) is 0.163. The Labute approximate surface area is 178 Å². The molecule has 0 heterocycles. The first-order valence-electron chi connectivity index (χ1n) is 10.8. The zero-order valence-electron chi connectivity index (χ0n) is 19.3. The van der Waals surface area contributed by atoms with Gasteiger partial charge in [0.1, 0.15) is 13.2 Å². The number of nitrogens with zero attached hydrogens (tertiary/aromatic N) is 1. The molecule has 0 aromatic heterocycles. The SMILES string of the molecule is CCCCCC/C=C/CC(=O)N[C@H](COP(=O)([O-])OCC[N+](C)(C)C)CC(C)C. The lowest BCUT2D eigenvalue weighted by atomic mass is 10.0. The maximum absolute atomic E-state index is 12.2. The van der Waals surface area contributed by atoms with Gasteiger partial charge in [-0.25, -0.2) is 0 Å². The van der Waals surface area contributed by atoms with Crippen LogP contribution in [0, 0.1) is 5.92 Å². The monoisotopic (exact) mass is 434 g/mol. The molecule has 0 aliphatic carbocycles. The van der Waals surface area contributed by atoms with Crippen LogP contribution in [0.15, 0.2) is 12.2 Å². The standard InChI is InChI=1S/C21H43N2O5P/c1-7-8-9-10-11-12-13-14-21(24)22-20(17-19(2)3)18-28-29(25,26)27-16-15-23(4,5)6/h12-13,19-20H,7-11,14-18H2,1-6H3,(H-,22,24,25,26)/b13-12+/t20-/m0/s1. The lowest BCUT2D eigenvalue weighted by Gasteiger charge is -2.29. The van der Waals surface area contributed by atoms with Gasteiger partial charge in [-0.2, -0.15) is 0 Å². The van der Waals surface area contributed by atoms with E-state index in [1.807, 2.05) is 47.1 Å². The summed E-state index contributed by atoms with van der Waals surface area (Å²) in [5, 5.41) is 2.88. The Kier molecular flexibility index (Phi) is 14.8. The van der Waals surface area contributed by atoms with Crippen molar-refractivity contribution >= 4 is 13.7 Å². The average molecular weight is 435 g/mol. The summed E-state index contributed by atoms with van der Waals surface area (Å²) in [7, 11) is 1.47. The van der Waals surface area contributed by atoms with Gasteiger partial charge in [-0.15, -0.1) is 0 Å². The second-order valence-corrected chi connectivity index (χ2v) is 10.4. The highest BCUT2D eigenvalue weighted by Crippen LogP contribution is 2.38. The number of unbranched alkanes of at least 4 members (excludes halogenated alkanes) is 4. The summed E-state index contributed by atoms with van der Waals surface area (Å²) in [6.07, 6.45) is 10.6. The molecule has 0 aromatic rings. The Morgan fingerprint density at radius 1 is 1.14 bits per heavy atom. The van der Waals surface area contributed by atoms with E-state index in [1.54, 1.807) is 0 Å². The molecule has 0 bridgehead atoms. The first-order valence-corrected chi connectivity index (χ1v) is 12.3. The van der Waals surface area contributed by atoms with Crippen LogP contribution >= 0.6 is 7.82 Å². The van der Waals surface area contributed by atoms with Crippen LogP contribution in [0.5, 0.6) is 0 Å². The minimum atomic E-state index is -4.38. The van der Waals surface area contributed by atoms with Crippen LogP contribution in [0.3, 0.4) is 0 Å². The number of rotatable bonds is 17. The van der Waals surface area contributed by atoms with Crippen molar-refractivity contribution in [3.8, 4) is 0 Å². The molecule has 0 spiro atoms. The number of quaternary nitrogens is 1. The average Bonchev–Trinajstić information content (AvgIpc) is 2.57. The van der Waals surface area contributed by atoms with E-state index in [2.05, 4.69) is 12.2 Å². The normalized spacial score (nSPS) is 15.6. The van der Waals surface area contributed by atoms with E-state index in [-0.39, 0.29) is 31.6 Å². The third kappa shape index (κ3) is 19.0. The van der Waals surface area contributed by atoms with Crippen LogP contribution in [0.25, 0.3) is 0 Å². The highest BCUT2D eigenvalue weighted by molar-refractivity contribution is 7.45. The molecule has 2 atom stereocenters. The topological polar surface area (TPSA) is 87.7 Å². The Hall–Kier alpha value is -0.720. The van der Waals surface area contributed by atoms with Gasteiger partial charge in [0.05, 0.1) is 33.8 Å². The molecule has 8 heteroatoms. The molecule has 0 fully saturated rings. The number of phosphoric acid groups is 1. The molecule has 1 amide bonds. The predicted octanol–water partition coefficient (Wildman–Crippen LogP) is 3.64. The van der Waals surface area contributed by atoms with Crippen molar-refractivity contribution in [3.63, 3.8) is 0 Å². The summed E-state index contributed by atoms with van der Waals surface area (Å²) in [5.41, 5.74) is 0. The van der Waals surface area contributed by atoms with Crippen molar-refractivity contribution in [1.29, 1.82) is 0 Å². The number of nitrogens with one attached hydrogen (secondary N) is 1. The maximum Gasteiger partial charge on any atom is 0.268 e. The predicted molar refractivity (Wildman–Crippen MR) is 116 cm³/mol. The highest BCUT2D eigenvalue weighted by Gasteiger charge is 2.19. The van der Waals surface area contributed by atoms with E-state index in [1.165, 1.54) is 19.3 Å². The van der Waals surface area contributed by atoms with Gasteiger partial charge in [-0.3, -0.25) is 9.36 Å². The molecular formula is C21H43N2O5P. The molecule has 29 heavy (non-hydrogen) atoms. The second-order valence-electron chi connectivity index (χ2n) is 9.01. The number of hydrogen-bond acceptors (Lipinski definition) is 5. The van der Waals surface area contributed by atoms with Crippen LogP contribution in [-0.4, -0.2) is 57.3 Å². The van der Waals surface area contributed by atoms with Gasteiger partial charge in [-0.1, -0.05) is 52.2 Å². The number of allylic oxidation sites excluding steroid dienone is 1. The molecule has 1 N–H and O–H groups in total. The number of phosphoric ester groups is 1. The highest BCUT2D eigenvalue weighted by atomic mass is 31.2. The minimum Gasteiger partial charge on any atom is -0.756 e. The van der Waals surface area contributed by atoms with Crippen molar-refractivity contribution < 1.29 is 27.8 Å². The Bertz CT molecular complexity index is 518. The summed E-state index contributed by atoms with van der Waals surface area (Å²) >= 11 is 0. The molecular weight excluding hydrogens is 391 g/mol. The van der Waals surface area contributed by atoms with E-state index in [9.17, 15) is 14.3 Å². The van der Waals surface area contributed by atoms with Gasteiger partial charge < -0.3 is 23.7 Å². The number of carbonyl (C=O) groups is 1. The molecule has 0 aromatic carbocycles. The zero-order valence-corrected chi connectivity index (χ0v) is 20.2. The van der Waals surface area contributed by atoms with Gasteiger partial charge >= 0.3 is 0 Å². The molecule has 0 saturated carbocycles. The fourth-order valence-electron chi connectivity index (χ4n) is 2.67. The summed E-state index contributed by atoms with van der Waals surface area (Å²) in [4.78, 5) is 24.1. The van der Waals surface area contributed by atoms with Crippen LogP contribution < -0.4 is 10.2 Å². The Balaban J connectivity index is 4.38. The van der Waals surface area contributed by atoms with E-state index in [0.29, 0.717) is 23.4 Å². The zero-order chi connectivity index (χ0) is 22.3. The molecule has 1 unspecified atom stereocenters. The maximum atomic E-state index is 12.2. The first-order chi connectivity index (χ1) is 13.4. The fraction of sp³-hybridized carbons (Fsp3) is 0.857. The lowest BCUT2D eigenvalue weighted by molar-refractivity contribution is -0.870. The van der Waals surface area contributed by atoms with Crippen molar-refractivity contribution in [3.05, 3.63) is 12.2 Å². The molecule has 0 aliphatic heterocycles. The van der Waals surface area contributed by atoms with Gasteiger partial charge in [0, 0.05) is 6.42 Å². The van der Waals surface area contributed by atoms with E-state index in [0.717, 1.165) is 12.8 Å². The van der Waals surface area contributed by atoms with Crippen molar-refractivity contribution in [2.75, 3.05) is 40.9 Å². The molecule has 7 nitrogen and oxygen atoms in total. The summed E-state index contributed by atoms with van der Waals surface area (Å²) in [6, 6.07) is -0.371. The van der Waals surface area contributed by atoms with Crippen LogP contribution in [-0.2, 0) is 18.4 Å². The summed E-state index contributed by atoms with van der Waals surface area (Å²) < 4.78 is 22.5. The first kappa shape index (κ1) is 28.3. The number of carbonyl (C=O) groups excluding carboxylic acids is 1. The van der Waals surface area contributed by atoms with Gasteiger partial charge in [0.2, 0.25) is 5.91 Å². The molecule has 0 saturated heterocycles. The number of amides is 1. The lowest BCUT2D eigenvalue weighted by Crippen LogP contribution is -2.39. The Morgan fingerprint density at radius 2 is 1.83 bits per heavy atom.